The van der Waals surface area contributed by atoms with E-state index in [0.717, 1.165) is 29.5 Å². The van der Waals surface area contributed by atoms with Crippen LogP contribution in [0.25, 0.3) is 10.9 Å². The largest absolute Gasteiger partial charge is 0.312 e. The number of fused-ring (bicyclic) bond motifs is 1. The van der Waals surface area contributed by atoms with E-state index in [2.05, 4.69) is 9.71 Å². The van der Waals surface area contributed by atoms with Gasteiger partial charge in [-0.1, -0.05) is 24.3 Å². The molecule has 1 amide bonds. The molecule has 7 heteroatoms. The number of nitrogens with one attached hydrogen (secondary N) is 1. The zero-order valence-electron chi connectivity index (χ0n) is 15.6. The standard InChI is InChI=1S/C21H21N3O3S/c1-15-10-11-17(14-18(15)24-13-3-2-9-20(24)25)23-28(26,27)19-8-4-6-16-7-5-12-22-21(16)19/h4-8,10-12,14,23H,2-3,9,13H2,1H3. The fraction of sp³-hybridized carbons (Fsp3) is 0.238. The summed E-state index contributed by atoms with van der Waals surface area (Å²) in [4.78, 5) is 18.4. The average Bonchev–Trinajstić information content (AvgIpc) is 2.69. The van der Waals surface area contributed by atoms with Crippen LogP contribution in [0.2, 0.25) is 0 Å². The maximum Gasteiger partial charge on any atom is 0.264 e. The van der Waals surface area contributed by atoms with Crippen molar-refractivity contribution in [1.29, 1.82) is 0 Å². The number of amides is 1. The van der Waals surface area contributed by atoms with Crippen molar-refractivity contribution in [3.05, 3.63) is 60.3 Å². The zero-order chi connectivity index (χ0) is 19.7. The molecule has 4 rings (SSSR count). The van der Waals surface area contributed by atoms with E-state index in [1.165, 1.54) is 0 Å². The molecule has 2 aromatic carbocycles. The lowest BCUT2D eigenvalue weighted by atomic mass is 10.1. The number of sulfonamides is 1. The molecule has 0 spiro atoms. The number of aromatic nitrogens is 1. The van der Waals surface area contributed by atoms with Gasteiger partial charge in [0.15, 0.2) is 0 Å². The minimum atomic E-state index is -3.83. The van der Waals surface area contributed by atoms with Crippen LogP contribution in [0, 0.1) is 6.92 Å². The van der Waals surface area contributed by atoms with E-state index in [0.29, 0.717) is 24.2 Å². The average molecular weight is 395 g/mol. The number of anilines is 2. The predicted octanol–water partition coefficient (Wildman–Crippen LogP) is 3.86. The van der Waals surface area contributed by atoms with Crippen molar-refractivity contribution >= 4 is 38.2 Å². The molecule has 0 bridgehead atoms. The lowest BCUT2D eigenvalue weighted by Crippen LogP contribution is -2.35. The van der Waals surface area contributed by atoms with Crippen LogP contribution in [-0.4, -0.2) is 25.9 Å². The Balaban J connectivity index is 1.70. The van der Waals surface area contributed by atoms with Gasteiger partial charge >= 0.3 is 0 Å². The number of hydrogen-bond donors (Lipinski definition) is 1. The lowest BCUT2D eigenvalue weighted by molar-refractivity contribution is -0.119. The number of aryl methyl sites for hydroxylation is 1. The second-order valence-corrected chi connectivity index (χ2v) is 8.59. The second-order valence-electron chi connectivity index (χ2n) is 6.94. The van der Waals surface area contributed by atoms with Gasteiger partial charge < -0.3 is 4.90 Å². The van der Waals surface area contributed by atoms with Crippen LogP contribution in [0.4, 0.5) is 11.4 Å². The first-order valence-corrected chi connectivity index (χ1v) is 10.7. The van der Waals surface area contributed by atoms with Gasteiger partial charge in [0.05, 0.1) is 11.2 Å². The number of para-hydroxylation sites is 1. The van der Waals surface area contributed by atoms with Crippen LogP contribution in [0.5, 0.6) is 0 Å². The highest BCUT2D eigenvalue weighted by Gasteiger charge is 2.23. The zero-order valence-corrected chi connectivity index (χ0v) is 16.4. The molecule has 0 unspecified atom stereocenters. The smallest absolute Gasteiger partial charge is 0.264 e. The molecule has 0 radical (unpaired) electrons. The van der Waals surface area contributed by atoms with E-state index in [1.807, 2.05) is 25.1 Å². The van der Waals surface area contributed by atoms with Gasteiger partial charge in [0.25, 0.3) is 10.0 Å². The van der Waals surface area contributed by atoms with Crippen molar-refractivity contribution in [2.24, 2.45) is 0 Å². The van der Waals surface area contributed by atoms with Crippen LogP contribution < -0.4 is 9.62 Å². The third-order valence-electron chi connectivity index (χ3n) is 4.96. The molecule has 3 aromatic rings. The quantitative estimate of drug-likeness (QED) is 0.727. The summed E-state index contributed by atoms with van der Waals surface area (Å²) < 4.78 is 28.7. The Kier molecular flexibility index (Phi) is 4.77. The first-order valence-electron chi connectivity index (χ1n) is 9.23. The number of hydrogen-bond acceptors (Lipinski definition) is 4. The summed E-state index contributed by atoms with van der Waals surface area (Å²) in [6.45, 7) is 2.58. The van der Waals surface area contributed by atoms with Gasteiger partial charge in [0.2, 0.25) is 5.91 Å². The van der Waals surface area contributed by atoms with Crippen LogP contribution in [0.1, 0.15) is 24.8 Å². The molecule has 1 aromatic heterocycles. The molecule has 0 atom stereocenters. The third kappa shape index (κ3) is 3.45. The molecule has 28 heavy (non-hydrogen) atoms. The fourth-order valence-corrected chi connectivity index (χ4v) is 4.76. The van der Waals surface area contributed by atoms with Crippen molar-refractivity contribution in [3.63, 3.8) is 0 Å². The highest BCUT2D eigenvalue weighted by molar-refractivity contribution is 7.93. The molecule has 1 aliphatic rings. The van der Waals surface area contributed by atoms with E-state index in [-0.39, 0.29) is 10.8 Å². The summed E-state index contributed by atoms with van der Waals surface area (Å²) in [5, 5.41) is 0.758. The molecule has 1 N–H and O–H groups in total. The lowest BCUT2D eigenvalue weighted by Gasteiger charge is -2.28. The maximum absolute atomic E-state index is 13.0. The third-order valence-corrected chi connectivity index (χ3v) is 6.37. The molecule has 0 saturated carbocycles. The molecule has 2 heterocycles. The predicted molar refractivity (Wildman–Crippen MR) is 110 cm³/mol. The molecular weight excluding hydrogens is 374 g/mol. The Morgan fingerprint density at radius 2 is 1.89 bits per heavy atom. The number of benzene rings is 2. The van der Waals surface area contributed by atoms with E-state index >= 15 is 0 Å². The number of carbonyl (C=O) groups is 1. The number of nitrogens with zero attached hydrogens (tertiary/aromatic N) is 2. The Bertz CT molecular complexity index is 1150. The van der Waals surface area contributed by atoms with Gasteiger partial charge in [-0.15, -0.1) is 0 Å². The summed E-state index contributed by atoms with van der Waals surface area (Å²) in [7, 11) is -3.83. The first-order chi connectivity index (χ1) is 13.5. The SMILES string of the molecule is Cc1ccc(NS(=O)(=O)c2cccc3cccnc23)cc1N1CCCCC1=O. The monoisotopic (exact) mass is 395 g/mol. The van der Waals surface area contributed by atoms with Crippen molar-refractivity contribution in [2.45, 2.75) is 31.1 Å². The van der Waals surface area contributed by atoms with E-state index in [1.54, 1.807) is 41.4 Å². The van der Waals surface area contributed by atoms with Gasteiger partial charge in [0.1, 0.15) is 4.90 Å². The Labute approximate surface area is 164 Å². The maximum atomic E-state index is 13.0. The van der Waals surface area contributed by atoms with Crippen LogP contribution in [0.15, 0.2) is 59.6 Å². The number of pyridine rings is 1. The Hall–Kier alpha value is -2.93. The second kappa shape index (κ2) is 7.24. The van der Waals surface area contributed by atoms with E-state index < -0.39 is 10.0 Å². The van der Waals surface area contributed by atoms with Crippen molar-refractivity contribution in [1.82, 2.24) is 4.98 Å². The highest BCUT2D eigenvalue weighted by atomic mass is 32.2. The van der Waals surface area contributed by atoms with Crippen LogP contribution >= 0.6 is 0 Å². The Morgan fingerprint density at radius 1 is 1.07 bits per heavy atom. The summed E-state index contributed by atoms with van der Waals surface area (Å²) in [6.07, 6.45) is 3.95. The molecule has 1 saturated heterocycles. The number of carbonyl (C=O) groups excluding carboxylic acids is 1. The number of rotatable bonds is 4. The molecule has 1 aliphatic heterocycles. The number of piperidine rings is 1. The molecule has 6 nitrogen and oxygen atoms in total. The summed E-state index contributed by atoms with van der Waals surface area (Å²) in [5.41, 5.74) is 2.54. The van der Waals surface area contributed by atoms with Gasteiger partial charge in [-0.2, -0.15) is 0 Å². The highest BCUT2D eigenvalue weighted by Crippen LogP contribution is 2.29. The van der Waals surface area contributed by atoms with Gasteiger partial charge in [0, 0.05) is 30.2 Å². The minimum absolute atomic E-state index is 0.0765. The van der Waals surface area contributed by atoms with Gasteiger partial charge in [-0.3, -0.25) is 14.5 Å². The summed E-state index contributed by atoms with van der Waals surface area (Å²) in [6, 6.07) is 13.9. The molecular formula is C21H21N3O3S. The van der Waals surface area contributed by atoms with E-state index in [4.69, 9.17) is 0 Å². The van der Waals surface area contributed by atoms with Crippen molar-refractivity contribution < 1.29 is 13.2 Å². The van der Waals surface area contributed by atoms with Crippen molar-refractivity contribution in [2.75, 3.05) is 16.2 Å². The first kappa shape index (κ1) is 18.4. The van der Waals surface area contributed by atoms with E-state index in [9.17, 15) is 13.2 Å². The summed E-state index contributed by atoms with van der Waals surface area (Å²) >= 11 is 0. The van der Waals surface area contributed by atoms with Gasteiger partial charge in [-0.25, -0.2) is 8.42 Å². The summed E-state index contributed by atoms with van der Waals surface area (Å²) in [5.74, 6) is 0.0765. The van der Waals surface area contributed by atoms with Crippen LogP contribution in [-0.2, 0) is 14.8 Å². The molecule has 0 aliphatic carbocycles. The topological polar surface area (TPSA) is 79.4 Å². The fourth-order valence-electron chi connectivity index (χ4n) is 3.53. The Morgan fingerprint density at radius 3 is 2.71 bits per heavy atom. The molecule has 1 fully saturated rings. The normalized spacial score (nSPS) is 15.0. The van der Waals surface area contributed by atoms with Gasteiger partial charge in [-0.05, 0) is 49.6 Å². The van der Waals surface area contributed by atoms with Crippen molar-refractivity contribution in [3.8, 4) is 0 Å². The minimum Gasteiger partial charge on any atom is -0.312 e. The van der Waals surface area contributed by atoms with Crippen LogP contribution in [0.3, 0.4) is 0 Å². The molecule has 144 valence electrons.